The maximum Gasteiger partial charge on any atom is 0.303 e. The summed E-state index contributed by atoms with van der Waals surface area (Å²) in [4.78, 5) is 10.4. The molecule has 3 heteroatoms. The quantitative estimate of drug-likeness (QED) is 0.149. The van der Waals surface area contributed by atoms with Gasteiger partial charge in [-0.05, 0) is 6.42 Å². The molecule has 0 atom stereocenters. The zero-order valence-corrected chi connectivity index (χ0v) is 22.1. The summed E-state index contributed by atoms with van der Waals surface area (Å²) in [5.41, 5.74) is 0. The molecule has 0 rings (SSSR count). The van der Waals surface area contributed by atoms with Crippen LogP contribution in [0.1, 0.15) is 148 Å². The molecule has 0 aromatic carbocycles. The van der Waals surface area contributed by atoms with Crippen molar-refractivity contribution in [3.05, 3.63) is 0 Å². The molecule has 1 N–H and O–H groups in total. The molecule has 0 aliphatic heterocycles. The molecule has 0 fully saturated rings. The van der Waals surface area contributed by atoms with Crippen LogP contribution in [0.3, 0.4) is 0 Å². The predicted octanol–water partition coefficient (Wildman–Crippen LogP) is 8.67. The molecule has 27 heavy (non-hydrogen) atoms. The van der Waals surface area contributed by atoms with Gasteiger partial charge < -0.3 is 5.11 Å². The zero-order chi connectivity index (χ0) is 19.1. The Balaban J connectivity index is 0. The van der Waals surface area contributed by atoms with Gasteiger partial charge in [-0.2, -0.15) is 0 Å². The Bertz CT molecular complexity index is 282. The van der Waals surface area contributed by atoms with Gasteiger partial charge in [-0.1, -0.05) is 135 Å². The first-order valence-electron chi connectivity index (χ1n) is 12.0. The molecule has 0 aromatic rings. The Labute approximate surface area is 198 Å². The first kappa shape index (κ1) is 29.9. The Morgan fingerprint density at radius 1 is 0.481 bits per heavy atom. The molecule has 0 saturated heterocycles. The Morgan fingerprint density at radius 3 is 0.926 bits per heavy atom. The minimum absolute atomic E-state index is 0. The van der Waals surface area contributed by atoms with E-state index in [-0.39, 0.29) is 35.6 Å². The fourth-order valence-electron chi connectivity index (χ4n) is 3.71. The van der Waals surface area contributed by atoms with Crippen molar-refractivity contribution < 1.29 is 45.5 Å². The van der Waals surface area contributed by atoms with Crippen LogP contribution in [0.5, 0.6) is 0 Å². The third kappa shape index (κ3) is 29.0. The van der Waals surface area contributed by atoms with Crippen LogP contribution in [-0.4, -0.2) is 11.1 Å². The Hall–Kier alpha value is 0.665. The van der Waals surface area contributed by atoms with E-state index in [1.807, 2.05) is 0 Å². The second-order valence-electron chi connectivity index (χ2n) is 8.21. The molecule has 0 bridgehead atoms. The molecule has 0 saturated carbocycles. The van der Waals surface area contributed by atoms with Gasteiger partial charge in [0.25, 0.3) is 0 Å². The zero-order valence-electron chi connectivity index (χ0n) is 18.5. The Morgan fingerprint density at radius 2 is 0.704 bits per heavy atom. The summed E-state index contributed by atoms with van der Waals surface area (Å²) in [6.45, 7) is 2.29. The van der Waals surface area contributed by atoms with E-state index in [2.05, 4.69) is 6.92 Å². The maximum absolute atomic E-state index is 10.4. The first-order valence-corrected chi connectivity index (χ1v) is 12.0. The van der Waals surface area contributed by atoms with Gasteiger partial charge >= 0.3 is 5.97 Å². The van der Waals surface area contributed by atoms with Crippen LogP contribution in [0.15, 0.2) is 0 Å². The minimum Gasteiger partial charge on any atom is -0.481 e. The summed E-state index contributed by atoms with van der Waals surface area (Å²) in [7, 11) is 0. The van der Waals surface area contributed by atoms with Crippen molar-refractivity contribution >= 4 is 5.97 Å². The summed E-state index contributed by atoms with van der Waals surface area (Å²) in [5, 5.41) is 8.57. The van der Waals surface area contributed by atoms with Gasteiger partial charge in [-0.15, -0.1) is 0 Å². The average molecular weight is 508 g/mol. The smallest absolute Gasteiger partial charge is 0.303 e. The van der Waals surface area contributed by atoms with E-state index in [0.717, 1.165) is 12.8 Å². The molecule has 0 aliphatic rings. The van der Waals surface area contributed by atoms with Gasteiger partial charge in [0.15, 0.2) is 0 Å². The number of hydrogen-bond acceptors (Lipinski definition) is 1. The van der Waals surface area contributed by atoms with Crippen LogP contribution in [0.25, 0.3) is 0 Å². The molecule has 0 unspecified atom stereocenters. The number of unbranched alkanes of at least 4 members (excludes halogenated alkanes) is 20. The maximum atomic E-state index is 10.4. The summed E-state index contributed by atoms with van der Waals surface area (Å²) >= 11 is 0. The predicted molar refractivity (Wildman–Crippen MR) is 115 cm³/mol. The first-order chi connectivity index (χ1) is 12.8. The van der Waals surface area contributed by atoms with E-state index < -0.39 is 5.97 Å². The van der Waals surface area contributed by atoms with Crippen LogP contribution >= 0.6 is 0 Å². The molecule has 159 valence electrons. The van der Waals surface area contributed by atoms with Crippen LogP contribution in [0.4, 0.5) is 0 Å². The third-order valence-corrected chi connectivity index (χ3v) is 5.49. The summed E-state index contributed by atoms with van der Waals surface area (Å²) in [6, 6.07) is 0. The van der Waals surface area contributed by atoms with E-state index in [1.54, 1.807) is 0 Å². The van der Waals surface area contributed by atoms with Crippen molar-refractivity contribution in [3.8, 4) is 0 Å². The van der Waals surface area contributed by atoms with Crippen molar-refractivity contribution in [3.63, 3.8) is 0 Å². The summed E-state index contributed by atoms with van der Waals surface area (Å²) in [5.74, 6) is -0.650. The van der Waals surface area contributed by atoms with Gasteiger partial charge in [-0.25, -0.2) is 0 Å². The van der Waals surface area contributed by atoms with Gasteiger partial charge in [-0.3, -0.25) is 4.79 Å². The molecule has 1 radical (unpaired) electrons. The van der Waals surface area contributed by atoms with Crippen LogP contribution in [0.2, 0.25) is 0 Å². The number of carboxylic acid groups (broad SMARTS) is 1. The number of carboxylic acids is 1. The van der Waals surface area contributed by atoms with Crippen molar-refractivity contribution in [2.45, 2.75) is 148 Å². The Kier molecular flexibility index (Phi) is 29.5. The van der Waals surface area contributed by atoms with E-state index >= 15 is 0 Å². The van der Waals surface area contributed by atoms with Gasteiger partial charge in [0.05, 0.1) is 0 Å². The van der Waals surface area contributed by atoms with Crippen LogP contribution in [-0.2, 0) is 4.79 Å². The summed E-state index contributed by atoms with van der Waals surface area (Å²) < 4.78 is 0. The van der Waals surface area contributed by atoms with E-state index in [4.69, 9.17) is 5.11 Å². The van der Waals surface area contributed by atoms with Gasteiger partial charge in [0, 0.05) is 42.0 Å². The minimum atomic E-state index is -0.650. The normalized spacial score (nSPS) is 10.7. The van der Waals surface area contributed by atoms with Crippen molar-refractivity contribution in [2.24, 2.45) is 0 Å². The van der Waals surface area contributed by atoms with Gasteiger partial charge in [0.1, 0.15) is 0 Å². The number of aliphatic carboxylic acids is 1. The largest absolute Gasteiger partial charge is 0.481 e. The van der Waals surface area contributed by atoms with Crippen molar-refractivity contribution in [2.75, 3.05) is 0 Å². The fourth-order valence-corrected chi connectivity index (χ4v) is 3.71. The number of hydrogen-bond donors (Lipinski definition) is 1. The second kappa shape index (κ2) is 26.7. The van der Waals surface area contributed by atoms with Crippen LogP contribution in [0, 0.1) is 35.6 Å². The molecule has 2 nitrogen and oxygen atoms in total. The van der Waals surface area contributed by atoms with Crippen molar-refractivity contribution in [1.82, 2.24) is 0 Å². The molecule has 0 amide bonds. The molecule has 0 heterocycles. The standard InChI is InChI=1S/C24H48O2.La/c1-2-3-4-5-6-7-8-9-10-11-12-13-14-15-16-17-18-19-20-21-22-23-24(25)26;/h2-23H2,1H3,(H,25,26);. The fraction of sp³-hybridized carbons (Fsp3) is 0.958. The topological polar surface area (TPSA) is 37.3 Å². The molecule has 0 aliphatic carbocycles. The monoisotopic (exact) mass is 507 g/mol. The molecular formula is C24H48LaO2. The van der Waals surface area contributed by atoms with E-state index in [0.29, 0.717) is 6.42 Å². The van der Waals surface area contributed by atoms with Crippen LogP contribution < -0.4 is 0 Å². The second-order valence-corrected chi connectivity index (χ2v) is 8.21. The number of carbonyl (C=O) groups is 1. The summed E-state index contributed by atoms with van der Waals surface area (Å²) in [6.07, 6.45) is 29.1. The molecule has 0 spiro atoms. The van der Waals surface area contributed by atoms with E-state index in [9.17, 15) is 4.79 Å². The SMILES string of the molecule is CCCCCCCCCCCCCCCCCCCCCCCC(=O)O.[La]. The molecular weight excluding hydrogens is 459 g/mol. The van der Waals surface area contributed by atoms with Crippen molar-refractivity contribution in [1.29, 1.82) is 0 Å². The third-order valence-electron chi connectivity index (χ3n) is 5.49. The van der Waals surface area contributed by atoms with E-state index in [1.165, 1.54) is 122 Å². The molecule has 0 aromatic heterocycles. The number of rotatable bonds is 22. The average Bonchev–Trinajstić information content (AvgIpc) is 2.62. The van der Waals surface area contributed by atoms with Gasteiger partial charge in [0.2, 0.25) is 0 Å².